The minimum absolute atomic E-state index is 0.0237. The van der Waals surface area contributed by atoms with E-state index in [2.05, 4.69) is 15.0 Å². The summed E-state index contributed by atoms with van der Waals surface area (Å²) in [5.74, 6) is 0.0237. The number of nitrogens with one attached hydrogen (secondary N) is 2. The molecule has 2 aromatic rings. The van der Waals surface area contributed by atoms with Crippen LogP contribution in [-0.2, 0) is 4.74 Å². The quantitative estimate of drug-likeness (QED) is 0.473. The zero-order valence-corrected chi connectivity index (χ0v) is 9.96. The summed E-state index contributed by atoms with van der Waals surface area (Å²) < 4.78 is 5.54. The lowest BCUT2D eigenvalue weighted by atomic mass is 10.1. The third-order valence-corrected chi connectivity index (χ3v) is 3.33. The van der Waals surface area contributed by atoms with Crippen LogP contribution in [0.3, 0.4) is 0 Å². The van der Waals surface area contributed by atoms with Crippen LogP contribution in [0.5, 0.6) is 0 Å². The van der Waals surface area contributed by atoms with Gasteiger partial charge in [-0.3, -0.25) is 9.78 Å². The smallest absolute Gasteiger partial charge is 0.276 e. The summed E-state index contributed by atoms with van der Waals surface area (Å²) in [5, 5.41) is 18.8. The van der Waals surface area contributed by atoms with Crippen molar-refractivity contribution in [3.05, 3.63) is 22.1 Å². The lowest BCUT2D eigenvalue weighted by molar-refractivity contribution is -0.0222. The SMILES string of the molecule is Nc1nc2c([C@H]3C[C@H](O)[C@@H](CO)O3)c[nH]c2c(=O)[nH]1. The van der Waals surface area contributed by atoms with E-state index in [9.17, 15) is 9.90 Å². The van der Waals surface area contributed by atoms with Crippen LogP contribution in [0, 0.1) is 0 Å². The molecule has 0 bridgehead atoms. The fourth-order valence-electron chi connectivity index (χ4n) is 2.39. The number of aliphatic hydroxyl groups is 2. The molecule has 3 rings (SSSR count). The van der Waals surface area contributed by atoms with E-state index in [0.29, 0.717) is 23.0 Å². The molecule has 0 amide bonds. The number of nitrogen functional groups attached to an aromatic ring is 1. The summed E-state index contributed by atoms with van der Waals surface area (Å²) in [6, 6.07) is 0. The van der Waals surface area contributed by atoms with Gasteiger partial charge in [0.1, 0.15) is 17.1 Å². The number of rotatable bonds is 2. The van der Waals surface area contributed by atoms with Gasteiger partial charge in [-0.15, -0.1) is 0 Å². The maximum Gasteiger partial charge on any atom is 0.276 e. The molecule has 1 saturated heterocycles. The van der Waals surface area contributed by atoms with E-state index in [0.717, 1.165) is 0 Å². The number of hydrogen-bond donors (Lipinski definition) is 5. The number of anilines is 1. The Hall–Kier alpha value is -1.90. The second-order valence-electron chi connectivity index (χ2n) is 4.57. The van der Waals surface area contributed by atoms with Crippen LogP contribution >= 0.6 is 0 Å². The average molecular weight is 266 g/mol. The molecule has 1 fully saturated rings. The molecule has 0 aliphatic carbocycles. The maximum atomic E-state index is 11.7. The first-order chi connectivity index (χ1) is 9.10. The second kappa shape index (κ2) is 4.34. The van der Waals surface area contributed by atoms with Crippen molar-refractivity contribution in [2.24, 2.45) is 0 Å². The number of aromatic amines is 2. The predicted molar refractivity (Wildman–Crippen MR) is 66.5 cm³/mol. The molecule has 2 aromatic heterocycles. The van der Waals surface area contributed by atoms with Gasteiger partial charge in [-0.1, -0.05) is 0 Å². The summed E-state index contributed by atoms with van der Waals surface area (Å²) in [4.78, 5) is 21.0. The van der Waals surface area contributed by atoms with Crippen LogP contribution in [0.15, 0.2) is 11.0 Å². The predicted octanol–water partition coefficient (Wildman–Crippen LogP) is -0.983. The highest BCUT2D eigenvalue weighted by atomic mass is 16.5. The molecule has 1 aliphatic heterocycles. The Morgan fingerprint density at radius 2 is 2.37 bits per heavy atom. The number of fused-ring (bicyclic) bond motifs is 1. The number of aliphatic hydroxyl groups excluding tert-OH is 2. The second-order valence-corrected chi connectivity index (χ2v) is 4.57. The topological polar surface area (TPSA) is 137 Å². The van der Waals surface area contributed by atoms with E-state index in [1.165, 1.54) is 0 Å². The third kappa shape index (κ3) is 1.89. The first kappa shape index (κ1) is 12.2. The molecule has 0 spiro atoms. The highest BCUT2D eigenvalue weighted by molar-refractivity contribution is 5.79. The molecule has 8 heteroatoms. The third-order valence-electron chi connectivity index (χ3n) is 3.33. The van der Waals surface area contributed by atoms with Crippen LogP contribution < -0.4 is 11.3 Å². The molecular formula is C11H14N4O4. The minimum atomic E-state index is -0.737. The Labute approximate surface area is 107 Å². The van der Waals surface area contributed by atoms with Gasteiger partial charge in [0.2, 0.25) is 5.95 Å². The van der Waals surface area contributed by atoms with E-state index in [1.807, 2.05) is 0 Å². The van der Waals surface area contributed by atoms with E-state index in [-0.39, 0.29) is 18.1 Å². The first-order valence-electron chi connectivity index (χ1n) is 5.91. The van der Waals surface area contributed by atoms with Gasteiger partial charge in [-0.05, 0) is 0 Å². The van der Waals surface area contributed by atoms with Crippen molar-refractivity contribution >= 4 is 17.0 Å². The molecule has 6 N–H and O–H groups in total. The fraction of sp³-hybridized carbons (Fsp3) is 0.455. The van der Waals surface area contributed by atoms with Crippen LogP contribution in [0.2, 0.25) is 0 Å². The van der Waals surface area contributed by atoms with Gasteiger partial charge < -0.3 is 25.7 Å². The van der Waals surface area contributed by atoms with Crippen molar-refractivity contribution in [1.82, 2.24) is 15.0 Å². The average Bonchev–Trinajstić information content (AvgIpc) is 2.92. The standard InChI is InChI=1S/C11H14N4O4/c12-11-14-8-4(2-13-9(8)10(18)15-11)6-1-5(17)7(3-16)19-6/h2,5-7,13,16-17H,1,3H2,(H3,12,14,15,18)/t5-,6+,7+/m0/s1. The van der Waals surface area contributed by atoms with Crippen molar-refractivity contribution in [2.75, 3.05) is 12.3 Å². The molecule has 102 valence electrons. The highest BCUT2D eigenvalue weighted by Gasteiger charge is 2.35. The van der Waals surface area contributed by atoms with Crippen molar-refractivity contribution in [3.63, 3.8) is 0 Å². The van der Waals surface area contributed by atoms with Crippen molar-refractivity contribution in [3.8, 4) is 0 Å². The van der Waals surface area contributed by atoms with Gasteiger partial charge >= 0.3 is 0 Å². The zero-order chi connectivity index (χ0) is 13.6. The Morgan fingerprint density at radius 1 is 1.58 bits per heavy atom. The number of nitrogens with zero attached hydrogens (tertiary/aromatic N) is 1. The lowest BCUT2D eigenvalue weighted by Gasteiger charge is -2.11. The van der Waals surface area contributed by atoms with Crippen LogP contribution in [0.25, 0.3) is 11.0 Å². The van der Waals surface area contributed by atoms with Gasteiger partial charge in [-0.2, -0.15) is 0 Å². The Balaban J connectivity index is 2.05. The monoisotopic (exact) mass is 266 g/mol. The number of H-pyrrole nitrogens is 2. The van der Waals surface area contributed by atoms with Crippen molar-refractivity contribution in [1.29, 1.82) is 0 Å². The zero-order valence-electron chi connectivity index (χ0n) is 9.96. The molecule has 3 atom stereocenters. The van der Waals surface area contributed by atoms with Gasteiger partial charge in [0.25, 0.3) is 5.56 Å². The number of hydrogen-bond acceptors (Lipinski definition) is 6. The summed E-state index contributed by atoms with van der Waals surface area (Å²) in [6.45, 7) is -0.254. The van der Waals surface area contributed by atoms with Crippen LogP contribution in [-0.4, -0.2) is 44.0 Å². The maximum absolute atomic E-state index is 11.7. The molecule has 0 aromatic carbocycles. The Kier molecular flexibility index (Phi) is 2.77. The summed E-state index contributed by atoms with van der Waals surface area (Å²) in [7, 11) is 0. The Morgan fingerprint density at radius 3 is 3.05 bits per heavy atom. The van der Waals surface area contributed by atoms with Crippen LogP contribution in [0.1, 0.15) is 18.1 Å². The van der Waals surface area contributed by atoms with E-state index < -0.39 is 18.3 Å². The van der Waals surface area contributed by atoms with E-state index >= 15 is 0 Å². The molecular weight excluding hydrogens is 252 g/mol. The molecule has 0 unspecified atom stereocenters. The normalized spacial score (nSPS) is 27.2. The molecule has 0 saturated carbocycles. The van der Waals surface area contributed by atoms with E-state index in [4.69, 9.17) is 15.6 Å². The highest BCUT2D eigenvalue weighted by Crippen LogP contribution is 2.35. The largest absolute Gasteiger partial charge is 0.394 e. The van der Waals surface area contributed by atoms with Gasteiger partial charge in [0.05, 0.1) is 18.8 Å². The number of aromatic nitrogens is 3. The van der Waals surface area contributed by atoms with Crippen LogP contribution in [0.4, 0.5) is 5.95 Å². The Bertz CT molecular complexity index is 664. The number of ether oxygens (including phenoxy) is 1. The molecule has 8 nitrogen and oxygen atoms in total. The summed E-state index contributed by atoms with van der Waals surface area (Å²) in [6.07, 6.45) is 0.180. The molecule has 19 heavy (non-hydrogen) atoms. The lowest BCUT2D eigenvalue weighted by Crippen LogP contribution is -2.24. The van der Waals surface area contributed by atoms with Gasteiger partial charge in [-0.25, -0.2) is 4.98 Å². The summed E-state index contributed by atoms with van der Waals surface area (Å²) >= 11 is 0. The first-order valence-corrected chi connectivity index (χ1v) is 5.91. The van der Waals surface area contributed by atoms with Crippen molar-refractivity contribution in [2.45, 2.75) is 24.7 Å². The van der Waals surface area contributed by atoms with Gasteiger partial charge in [0, 0.05) is 18.2 Å². The fourth-order valence-corrected chi connectivity index (χ4v) is 2.39. The summed E-state index contributed by atoms with van der Waals surface area (Å²) in [5.41, 5.74) is 6.56. The van der Waals surface area contributed by atoms with Gasteiger partial charge in [0.15, 0.2) is 0 Å². The molecule has 0 radical (unpaired) electrons. The molecule has 3 heterocycles. The van der Waals surface area contributed by atoms with Crippen molar-refractivity contribution < 1.29 is 14.9 Å². The number of nitrogens with two attached hydrogens (primary N) is 1. The van der Waals surface area contributed by atoms with E-state index in [1.54, 1.807) is 6.20 Å². The minimum Gasteiger partial charge on any atom is -0.394 e. The molecule has 1 aliphatic rings.